The molecule has 51 valence electrons. The van der Waals surface area contributed by atoms with Crippen molar-refractivity contribution in [1.29, 1.82) is 0 Å². The molecule has 0 nitrogen and oxygen atoms in total. The summed E-state index contributed by atoms with van der Waals surface area (Å²) in [5.74, 6) is 3.79. The number of thioether (sulfide) groups is 1. The molecule has 0 aliphatic heterocycles. The van der Waals surface area contributed by atoms with Crippen molar-refractivity contribution in [3.8, 4) is 12.3 Å². The SMILES string of the molecule is C#CCCCCCS[CH2]. The summed E-state index contributed by atoms with van der Waals surface area (Å²) in [7, 11) is 0. The molecule has 0 heterocycles. The summed E-state index contributed by atoms with van der Waals surface area (Å²) in [4.78, 5) is 0. The van der Waals surface area contributed by atoms with Gasteiger partial charge >= 0.3 is 0 Å². The summed E-state index contributed by atoms with van der Waals surface area (Å²) in [6, 6.07) is 0. The molecule has 0 fully saturated rings. The van der Waals surface area contributed by atoms with E-state index in [4.69, 9.17) is 6.42 Å². The van der Waals surface area contributed by atoms with Gasteiger partial charge in [0.1, 0.15) is 0 Å². The molecule has 0 aromatic carbocycles. The molecule has 0 spiro atoms. The first-order chi connectivity index (χ1) is 4.41. The topological polar surface area (TPSA) is 0 Å². The number of hydrogen-bond acceptors (Lipinski definition) is 1. The molecule has 0 rings (SSSR count). The smallest absolute Gasteiger partial charge is 0.00860 e. The molecule has 1 radical (unpaired) electrons. The highest BCUT2D eigenvalue weighted by atomic mass is 32.2. The van der Waals surface area contributed by atoms with E-state index in [1.165, 1.54) is 25.0 Å². The van der Waals surface area contributed by atoms with Gasteiger partial charge in [0, 0.05) is 12.7 Å². The van der Waals surface area contributed by atoms with E-state index in [9.17, 15) is 0 Å². The van der Waals surface area contributed by atoms with Crippen molar-refractivity contribution in [2.75, 3.05) is 5.75 Å². The van der Waals surface area contributed by atoms with Gasteiger partial charge in [-0.1, -0.05) is 6.42 Å². The van der Waals surface area contributed by atoms with Crippen molar-refractivity contribution in [3.05, 3.63) is 6.26 Å². The molecule has 0 saturated carbocycles. The fourth-order valence-corrected chi connectivity index (χ4v) is 1.02. The first-order valence-electron chi connectivity index (χ1n) is 3.22. The molecule has 0 bridgehead atoms. The van der Waals surface area contributed by atoms with Gasteiger partial charge in [-0.15, -0.1) is 12.3 Å². The Morgan fingerprint density at radius 1 is 1.33 bits per heavy atom. The zero-order valence-electron chi connectivity index (χ0n) is 5.73. The van der Waals surface area contributed by atoms with Gasteiger partial charge < -0.3 is 0 Å². The van der Waals surface area contributed by atoms with E-state index >= 15 is 0 Å². The van der Waals surface area contributed by atoms with Crippen LogP contribution in [-0.4, -0.2) is 5.75 Å². The number of terminal acetylenes is 1. The average molecular weight is 141 g/mol. The molecule has 0 saturated heterocycles. The van der Waals surface area contributed by atoms with E-state index in [0.717, 1.165) is 6.42 Å². The molecule has 0 aliphatic rings. The van der Waals surface area contributed by atoms with Crippen LogP contribution in [0.3, 0.4) is 0 Å². The van der Waals surface area contributed by atoms with E-state index in [1.807, 2.05) is 0 Å². The van der Waals surface area contributed by atoms with Crippen molar-refractivity contribution in [2.45, 2.75) is 25.7 Å². The predicted octanol–water partition coefficient (Wildman–Crippen LogP) is 2.70. The van der Waals surface area contributed by atoms with Crippen LogP contribution in [0.1, 0.15) is 25.7 Å². The van der Waals surface area contributed by atoms with Crippen LogP contribution in [0.2, 0.25) is 0 Å². The maximum atomic E-state index is 5.08. The number of rotatable bonds is 5. The van der Waals surface area contributed by atoms with E-state index in [2.05, 4.69) is 12.2 Å². The second-order valence-electron chi connectivity index (χ2n) is 1.92. The Kier molecular flexibility index (Phi) is 7.83. The van der Waals surface area contributed by atoms with Crippen LogP contribution in [0.15, 0.2) is 0 Å². The van der Waals surface area contributed by atoms with E-state index < -0.39 is 0 Å². The second-order valence-corrected chi connectivity index (χ2v) is 2.74. The fourth-order valence-electron chi connectivity index (χ4n) is 0.608. The van der Waals surface area contributed by atoms with Crippen LogP contribution in [0, 0.1) is 18.6 Å². The van der Waals surface area contributed by atoms with Gasteiger partial charge in [-0.3, -0.25) is 0 Å². The van der Waals surface area contributed by atoms with Crippen molar-refractivity contribution >= 4 is 11.8 Å². The molecule has 1 heteroatoms. The van der Waals surface area contributed by atoms with Gasteiger partial charge in [0.05, 0.1) is 0 Å². The summed E-state index contributed by atoms with van der Waals surface area (Å²) in [5, 5.41) is 0. The van der Waals surface area contributed by atoms with Gasteiger partial charge in [0.2, 0.25) is 0 Å². The molecule has 9 heavy (non-hydrogen) atoms. The van der Waals surface area contributed by atoms with Gasteiger partial charge in [0.15, 0.2) is 0 Å². The Morgan fingerprint density at radius 2 is 2.11 bits per heavy atom. The van der Waals surface area contributed by atoms with Gasteiger partial charge in [-0.25, -0.2) is 0 Å². The minimum absolute atomic E-state index is 0.932. The third kappa shape index (κ3) is 7.91. The Bertz CT molecular complexity index is 81.1. The first-order valence-corrected chi connectivity index (χ1v) is 4.37. The largest absolute Gasteiger partial charge is 0.161 e. The van der Waals surface area contributed by atoms with Crippen LogP contribution >= 0.6 is 11.8 Å². The first kappa shape index (κ1) is 8.91. The monoisotopic (exact) mass is 141 g/mol. The lowest BCUT2D eigenvalue weighted by atomic mass is 10.2. The zero-order valence-corrected chi connectivity index (χ0v) is 6.54. The third-order valence-corrected chi connectivity index (χ3v) is 1.69. The van der Waals surface area contributed by atoms with Crippen LogP contribution in [0.25, 0.3) is 0 Å². The maximum absolute atomic E-state index is 5.08. The lowest BCUT2D eigenvalue weighted by molar-refractivity contribution is 0.743. The second kappa shape index (κ2) is 7.91. The minimum atomic E-state index is 0.932. The Morgan fingerprint density at radius 3 is 2.67 bits per heavy atom. The molecule has 0 aromatic rings. The zero-order chi connectivity index (χ0) is 6.95. The summed E-state index contributed by atoms with van der Waals surface area (Å²) >= 11 is 1.66. The Balaban J connectivity index is 2.69. The maximum Gasteiger partial charge on any atom is 0.00860 e. The highest BCUT2D eigenvalue weighted by molar-refractivity contribution is 8.00. The summed E-state index contributed by atoms with van der Waals surface area (Å²) < 4.78 is 0. The molecule has 0 N–H and O–H groups in total. The molecule has 0 atom stereocenters. The van der Waals surface area contributed by atoms with Crippen molar-refractivity contribution in [3.63, 3.8) is 0 Å². The molecular weight excluding hydrogens is 128 g/mol. The van der Waals surface area contributed by atoms with Gasteiger partial charge in [-0.05, 0) is 18.6 Å². The van der Waals surface area contributed by atoms with E-state index in [1.54, 1.807) is 11.8 Å². The fraction of sp³-hybridized carbons (Fsp3) is 0.625. The van der Waals surface area contributed by atoms with Crippen LogP contribution in [0.4, 0.5) is 0 Å². The molecule has 0 unspecified atom stereocenters. The van der Waals surface area contributed by atoms with Crippen molar-refractivity contribution in [2.24, 2.45) is 0 Å². The molecule has 0 aliphatic carbocycles. The highest BCUT2D eigenvalue weighted by Crippen LogP contribution is 2.04. The number of hydrogen-bond donors (Lipinski definition) is 0. The van der Waals surface area contributed by atoms with Crippen LogP contribution in [-0.2, 0) is 0 Å². The third-order valence-electron chi connectivity index (χ3n) is 1.11. The van der Waals surface area contributed by atoms with Crippen molar-refractivity contribution in [1.82, 2.24) is 0 Å². The predicted molar refractivity (Wildman–Crippen MR) is 45.1 cm³/mol. The minimum Gasteiger partial charge on any atom is -0.161 e. The lowest BCUT2D eigenvalue weighted by Gasteiger charge is -1.93. The Hall–Kier alpha value is -0.0900. The number of unbranched alkanes of at least 4 members (excludes halogenated alkanes) is 3. The van der Waals surface area contributed by atoms with E-state index in [-0.39, 0.29) is 0 Å². The van der Waals surface area contributed by atoms with Crippen LogP contribution < -0.4 is 0 Å². The quantitative estimate of drug-likeness (QED) is 0.419. The summed E-state index contributed by atoms with van der Waals surface area (Å²) in [5.41, 5.74) is 0. The van der Waals surface area contributed by atoms with E-state index in [0.29, 0.717) is 0 Å². The highest BCUT2D eigenvalue weighted by Gasteiger charge is 1.84. The van der Waals surface area contributed by atoms with Gasteiger partial charge in [0.25, 0.3) is 0 Å². The average Bonchev–Trinajstić information content (AvgIpc) is 1.89. The normalized spacial score (nSPS) is 8.89. The molecule has 0 aromatic heterocycles. The molecular formula is C8H13S. The van der Waals surface area contributed by atoms with Gasteiger partial charge in [-0.2, -0.15) is 11.8 Å². The Labute approximate surface area is 62.4 Å². The lowest BCUT2D eigenvalue weighted by Crippen LogP contribution is -1.77. The summed E-state index contributed by atoms with van der Waals surface area (Å²) in [6.45, 7) is 0. The van der Waals surface area contributed by atoms with Crippen LogP contribution in [0.5, 0.6) is 0 Å². The standard InChI is InChI=1S/C8H13S/c1-3-4-5-6-7-8-9-2/h1H,2,4-8H2. The summed E-state index contributed by atoms with van der Waals surface area (Å²) in [6.07, 6.45) is 13.4. The van der Waals surface area contributed by atoms with Crippen molar-refractivity contribution < 1.29 is 0 Å². The molecule has 0 amide bonds.